The van der Waals surface area contributed by atoms with Crippen molar-refractivity contribution in [1.82, 2.24) is 15.0 Å². The Morgan fingerprint density at radius 3 is 2.29 bits per heavy atom. The van der Waals surface area contributed by atoms with E-state index in [1.54, 1.807) is 18.2 Å². The minimum Gasteiger partial charge on any atom is -0.461 e. The van der Waals surface area contributed by atoms with E-state index in [0.29, 0.717) is 23.3 Å². The zero-order valence-electron chi connectivity index (χ0n) is 10.5. The van der Waals surface area contributed by atoms with E-state index >= 15 is 0 Å². The van der Waals surface area contributed by atoms with Crippen LogP contribution >= 0.6 is 46.4 Å². The maximum absolute atomic E-state index is 6.02. The minimum absolute atomic E-state index is 0.0288. The van der Waals surface area contributed by atoms with Crippen LogP contribution in [0, 0.1) is 0 Å². The van der Waals surface area contributed by atoms with Crippen molar-refractivity contribution in [3.8, 4) is 6.01 Å². The molecule has 0 saturated carbocycles. The molecule has 0 spiro atoms. The summed E-state index contributed by atoms with van der Waals surface area (Å²) in [4.78, 5) is 11.1. The van der Waals surface area contributed by atoms with Gasteiger partial charge in [0.25, 0.3) is 0 Å². The van der Waals surface area contributed by atoms with Crippen LogP contribution in [0.5, 0.6) is 6.01 Å². The third kappa shape index (κ3) is 5.45. The van der Waals surface area contributed by atoms with Crippen LogP contribution in [0.4, 0.5) is 0 Å². The fourth-order valence-electron chi connectivity index (χ4n) is 1.39. The van der Waals surface area contributed by atoms with Crippen molar-refractivity contribution in [3.63, 3.8) is 0 Å². The highest BCUT2D eigenvalue weighted by molar-refractivity contribution is 6.35. The Labute approximate surface area is 141 Å². The lowest BCUT2D eigenvalue weighted by Gasteiger charge is -2.07. The Hall–Kier alpha value is -0.850. The van der Waals surface area contributed by atoms with E-state index in [4.69, 9.17) is 55.9 Å². The molecular weight excluding hydrogens is 360 g/mol. The second kappa shape index (κ2) is 7.96. The first kappa shape index (κ1) is 16.5. The molecule has 1 aromatic carbocycles. The highest BCUT2D eigenvalue weighted by atomic mass is 35.5. The highest BCUT2D eigenvalue weighted by Gasteiger charge is 2.05. The Bertz CT molecular complexity index is 607. The van der Waals surface area contributed by atoms with Gasteiger partial charge in [0.05, 0.1) is 13.2 Å². The van der Waals surface area contributed by atoms with Crippen LogP contribution in [0.3, 0.4) is 0 Å². The van der Waals surface area contributed by atoms with E-state index in [1.807, 2.05) is 0 Å². The number of hydrogen-bond donors (Lipinski definition) is 0. The number of benzene rings is 1. The van der Waals surface area contributed by atoms with Gasteiger partial charge in [0, 0.05) is 10.0 Å². The molecule has 0 aliphatic heterocycles. The molecule has 0 saturated heterocycles. The molecule has 1 aromatic heterocycles. The van der Waals surface area contributed by atoms with Crippen molar-refractivity contribution in [2.45, 2.75) is 6.61 Å². The summed E-state index contributed by atoms with van der Waals surface area (Å²) in [7, 11) is 0. The molecule has 0 aliphatic carbocycles. The average molecular weight is 369 g/mol. The summed E-state index contributed by atoms with van der Waals surface area (Å²) in [5.41, 5.74) is 0.840. The third-order valence-corrected chi connectivity index (χ3v) is 3.22. The third-order valence-electron chi connectivity index (χ3n) is 2.29. The average Bonchev–Trinajstić information content (AvgIpc) is 2.39. The van der Waals surface area contributed by atoms with E-state index in [0.717, 1.165) is 5.56 Å². The van der Waals surface area contributed by atoms with Crippen LogP contribution in [-0.4, -0.2) is 28.2 Å². The maximum atomic E-state index is 6.02. The van der Waals surface area contributed by atoms with Crippen LogP contribution in [0.1, 0.15) is 5.56 Å². The SMILES string of the molecule is Clc1ccc(COCCOc2nc(Cl)nc(Cl)n2)c(Cl)c1. The van der Waals surface area contributed by atoms with Gasteiger partial charge in [-0.05, 0) is 40.9 Å². The monoisotopic (exact) mass is 367 g/mol. The molecule has 2 aromatic rings. The molecule has 0 N–H and O–H groups in total. The summed E-state index contributed by atoms with van der Waals surface area (Å²) in [6.07, 6.45) is 0. The number of nitrogens with zero attached hydrogens (tertiary/aromatic N) is 3. The summed E-state index contributed by atoms with van der Waals surface area (Å²) in [5.74, 6) is 0. The Kier molecular flexibility index (Phi) is 6.26. The molecule has 0 radical (unpaired) electrons. The Morgan fingerprint density at radius 2 is 1.62 bits per heavy atom. The molecule has 0 atom stereocenters. The summed E-state index contributed by atoms with van der Waals surface area (Å²) in [6.45, 7) is 0.903. The standard InChI is InChI=1S/C12H9Cl4N3O2/c13-8-2-1-7(9(14)5-8)6-20-3-4-21-12-18-10(15)17-11(16)19-12/h1-2,5H,3-4,6H2. The zero-order valence-corrected chi connectivity index (χ0v) is 13.5. The first-order chi connectivity index (χ1) is 10.0. The minimum atomic E-state index is -0.0288. The summed E-state index contributed by atoms with van der Waals surface area (Å²) in [5, 5.41) is 1.08. The fraction of sp³-hybridized carbons (Fsp3) is 0.250. The summed E-state index contributed by atoms with van der Waals surface area (Å²) >= 11 is 23.1. The molecule has 1 heterocycles. The quantitative estimate of drug-likeness (QED) is 0.719. The zero-order chi connectivity index (χ0) is 15.2. The molecule has 0 amide bonds. The van der Waals surface area contributed by atoms with Crippen LogP contribution in [-0.2, 0) is 11.3 Å². The predicted molar refractivity (Wildman–Crippen MR) is 81.5 cm³/mol. The number of hydrogen-bond acceptors (Lipinski definition) is 5. The van der Waals surface area contributed by atoms with Gasteiger partial charge >= 0.3 is 6.01 Å². The second-order valence-corrected chi connectivity index (χ2v) is 5.31. The van der Waals surface area contributed by atoms with Crippen molar-refractivity contribution in [2.75, 3.05) is 13.2 Å². The van der Waals surface area contributed by atoms with E-state index in [9.17, 15) is 0 Å². The van der Waals surface area contributed by atoms with Crippen molar-refractivity contribution in [3.05, 3.63) is 44.4 Å². The lowest BCUT2D eigenvalue weighted by atomic mass is 10.2. The lowest BCUT2D eigenvalue weighted by Crippen LogP contribution is -2.09. The van der Waals surface area contributed by atoms with Crippen molar-refractivity contribution >= 4 is 46.4 Å². The van der Waals surface area contributed by atoms with Crippen molar-refractivity contribution in [2.24, 2.45) is 0 Å². The lowest BCUT2D eigenvalue weighted by molar-refractivity contribution is 0.0858. The molecule has 21 heavy (non-hydrogen) atoms. The van der Waals surface area contributed by atoms with Gasteiger partial charge in [-0.1, -0.05) is 29.3 Å². The van der Waals surface area contributed by atoms with Gasteiger partial charge in [-0.3, -0.25) is 0 Å². The Morgan fingerprint density at radius 1 is 0.905 bits per heavy atom. The molecular formula is C12H9Cl4N3O2. The van der Waals surface area contributed by atoms with Gasteiger partial charge < -0.3 is 9.47 Å². The first-order valence-electron chi connectivity index (χ1n) is 5.76. The smallest absolute Gasteiger partial charge is 0.322 e. The van der Waals surface area contributed by atoms with Gasteiger partial charge in [0.15, 0.2) is 0 Å². The van der Waals surface area contributed by atoms with Gasteiger partial charge in [0.1, 0.15) is 6.61 Å². The van der Waals surface area contributed by atoms with E-state index in [2.05, 4.69) is 15.0 Å². The van der Waals surface area contributed by atoms with Crippen molar-refractivity contribution in [1.29, 1.82) is 0 Å². The van der Waals surface area contributed by atoms with E-state index in [1.165, 1.54) is 0 Å². The Balaban J connectivity index is 1.75. The molecule has 112 valence electrons. The summed E-state index contributed by atoms with van der Waals surface area (Å²) < 4.78 is 10.7. The maximum Gasteiger partial charge on any atom is 0.322 e. The number of ether oxygens (including phenoxy) is 2. The molecule has 0 fully saturated rings. The summed E-state index contributed by atoms with van der Waals surface area (Å²) in [6, 6.07) is 5.26. The van der Waals surface area contributed by atoms with Crippen LogP contribution in [0.15, 0.2) is 18.2 Å². The highest BCUT2D eigenvalue weighted by Crippen LogP contribution is 2.21. The largest absolute Gasteiger partial charge is 0.461 e. The number of rotatable bonds is 6. The second-order valence-electron chi connectivity index (χ2n) is 3.79. The normalized spacial score (nSPS) is 10.7. The molecule has 5 nitrogen and oxygen atoms in total. The van der Waals surface area contributed by atoms with Gasteiger partial charge in [-0.15, -0.1) is 0 Å². The van der Waals surface area contributed by atoms with Gasteiger partial charge in [-0.25, -0.2) is 0 Å². The van der Waals surface area contributed by atoms with Crippen LogP contribution in [0.2, 0.25) is 20.6 Å². The van der Waals surface area contributed by atoms with E-state index < -0.39 is 0 Å². The number of aromatic nitrogens is 3. The fourth-order valence-corrected chi connectivity index (χ4v) is 2.20. The van der Waals surface area contributed by atoms with Gasteiger partial charge in [0.2, 0.25) is 10.6 Å². The first-order valence-corrected chi connectivity index (χ1v) is 7.27. The van der Waals surface area contributed by atoms with Gasteiger partial charge in [-0.2, -0.15) is 15.0 Å². The molecule has 9 heteroatoms. The van der Waals surface area contributed by atoms with Crippen LogP contribution in [0.25, 0.3) is 0 Å². The molecule has 0 unspecified atom stereocenters. The van der Waals surface area contributed by atoms with E-state index in [-0.39, 0.29) is 23.2 Å². The van der Waals surface area contributed by atoms with Crippen molar-refractivity contribution < 1.29 is 9.47 Å². The van der Waals surface area contributed by atoms with Crippen LogP contribution < -0.4 is 4.74 Å². The molecule has 0 aliphatic rings. The molecule has 2 rings (SSSR count). The predicted octanol–water partition coefficient (Wildman–Crippen LogP) is 4.08. The molecule has 0 bridgehead atoms. The topological polar surface area (TPSA) is 57.1 Å². The number of halogens is 4.